The summed E-state index contributed by atoms with van der Waals surface area (Å²) in [6.07, 6.45) is 12.3. The van der Waals surface area contributed by atoms with Crippen molar-refractivity contribution in [1.82, 2.24) is 0 Å². The number of carbonyl (C=O) groups is 1. The van der Waals surface area contributed by atoms with Crippen LogP contribution in [0.2, 0.25) is 0 Å². The van der Waals surface area contributed by atoms with Crippen molar-refractivity contribution in [2.45, 2.75) is 72.1 Å². The van der Waals surface area contributed by atoms with Gasteiger partial charge in [0, 0.05) is 6.42 Å². The van der Waals surface area contributed by atoms with Gasteiger partial charge in [0.1, 0.15) is 0 Å². The maximum atomic E-state index is 11.8. The van der Waals surface area contributed by atoms with Crippen LogP contribution in [0, 0.1) is 40.9 Å². The van der Waals surface area contributed by atoms with Crippen molar-refractivity contribution in [2.75, 3.05) is 0 Å². The average molecular weight is 300 g/mol. The Morgan fingerprint density at radius 2 is 1.95 bits per heavy atom. The lowest BCUT2D eigenvalue weighted by Crippen LogP contribution is -2.47. The zero-order valence-corrected chi connectivity index (χ0v) is 14.6. The number of rotatable bonds is 1. The highest BCUT2D eigenvalue weighted by Crippen LogP contribution is 2.66. The Bertz CT molecular complexity index is 504. The maximum Gasteiger partial charge on any atom is 0.155 e. The number of hydrogen-bond acceptors (Lipinski definition) is 1. The summed E-state index contributed by atoms with van der Waals surface area (Å²) in [6, 6.07) is 0. The quantitative estimate of drug-likeness (QED) is 0.633. The molecular weight excluding hydrogens is 268 g/mol. The number of hydrogen-bond donors (Lipinski definition) is 0. The third-order valence-electron chi connectivity index (χ3n) is 8.60. The van der Waals surface area contributed by atoms with E-state index < -0.39 is 0 Å². The van der Waals surface area contributed by atoms with Crippen LogP contribution < -0.4 is 0 Å². The fraction of sp³-hybridized carbons (Fsp3) is 0.857. The van der Waals surface area contributed by atoms with Crippen LogP contribution in [0.5, 0.6) is 0 Å². The standard InChI is InChI=1S/C21H32O/c1-4-21-10-9-18-17-8-6-16(22)12-15(17)5-7-19(18)20(21)11-13(2)14(21)3/h12-14,17-20H,4-11H2,1-3H3. The molecule has 4 aliphatic rings. The third-order valence-corrected chi connectivity index (χ3v) is 8.60. The second-order valence-electron chi connectivity index (χ2n) is 8.93. The van der Waals surface area contributed by atoms with Gasteiger partial charge in [-0.25, -0.2) is 0 Å². The topological polar surface area (TPSA) is 17.1 Å². The van der Waals surface area contributed by atoms with Gasteiger partial charge in [-0.15, -0.1) is 0 Å². The number of carbonyl (C=O) groups excluding carboxylic acids is 1. The summed E-state index contributed by atoms with van der Waals surface area (Å²) in [7, 11) is 0. The predicted molar refractivity (Wildman–Crippen MR) is 90.4 cm³/mol. The highest BCUT2D eigenvalue weighted by Gasteiger charge is 2.58. The Kier molecular flexibility index (Phi) is 3.55. The fourth-order valence-electron chi connectivity index (χ4n) is 7.33. The molecule has 122 valence electrons. The lowest BCUT2D eigenvalue weighted by Gasteiger charge is -2.55. The van der Waals surface area contributed by atoms with E-state index in [1.165, 1.54) is 44.1 Å². The van der Waals surface area contributed by atoms with Gasteiger partial charge in [-0.05, 0) is 91.9 Å². The van der Waals surface area contributed by atoms with Crippen molar-refractivity contribution in [2.24, 2.45) is 40.9 Å². The van der Waals surface area contributed by atoms with E-state index in [2.05, 4.69) is 20.8 Å². The van der Waals surface area contributed by atoms with E-state index in [0.717, 1.165) is 48.3 Å². The van der Waals surface area contributed by atoms with E-state index in [-0.39, 0.29) is 0 Å². The first kappa shape index (κ1) is 15.0. The molecule has 0 spiro atoms. The molecule has 4 rings (SSSR count). The van der Waals surface area contributed by atoms with Crippen molar-refractivity contribution in [3.05, 3.63) is 11.6 Å². The molecule has 0 amide bonds. The number of allylic oxidation sites excluding steroid dienone is 1. The maximum absolute atomic E-state index is 11.8. The zero-order valence-electron chi connectivity index (χ0n) is 14.6. The summed E-state index contributed by atoms with van der Waals surface area (Å²) >= 11 is 0. The van der Waals surface area contributed by atoms with Crippen LogP contribution in [-0.2, 0) is 4.79 Å². The predicted octanol–water partition coefficient (Wildman–Crippen LogP) is 5.40. The first-order valence-corrected chi connectivity index (χ1v) is 9.80. The van der Waals surface area contributed by atoms with Gasteiger partial charge >= 0.3 is 0 Å². The molecule has 1 heteroatoms. The van der Waals surface area contributed by atoms with Gasteiger partial charge in [0.2, 0.25) is 0 Å². The molecule has 0 aromatic heterocycles. The van der Waals surface area contributed by atoms with Crippen LogP contribution in [0.15, 0.2) is 11.6 Å². The van der Waals surface area contributed by atoms with E-state index in [1.54, 1.807) is 0 Å². The summed E-state index contributed by atoms with van der Waals surface area (Å²) in [5, 5.41) is 0. The molecule has 0 heterocycles. The number of fused-ring (bicyclic) bond motifs is 5. The minimum absolute atomic E-state index is 0.395. The second kappa shape index (κ2) is 5.21. The monoisotopic (exact) mass is 300 g/mol. The highest BCUT2D eigenvalue weighted by molar-refractivity contribution is 5.91. The first-order valence-electron chi connectivity index (χ1n) is 9.80. The molecule has 4 aliphatic carbocycles. The van der Waals surface area contributed by atoms with Crippen LogP contribution in [0.3, 0.4) is 0 Å². The van der Waals surface area contributed by atoms with Crippen molar-refractivity contribution >= 4 is 5.78 Å². The molecule has 7 unspecified atom stereocenters. The van der Waals surface area contributed by atoms with Crippen molar-refractivity contribution in [1.29, 1.82) is 0 Å². The Labute approximate surface area is 135 Å². The fourth-order valence-corrected chi connectivity index (χ4v) is 7.33. The summed E-state index contributed by atoms with van der Waals surface area (Å²) in [5.41, 5.74) is 2.17. The SMILES string of the molecule is CCC12CCC3C4CCC(=O)C=C4CCC3C1CC(C)C2C. The molecule has 7 atom stereocenters. The number of ketones is 1. The van der Waals surface area contributed by atoms with E-state index in [4.69, 9.17) is 0 Å². The molecule has 3 fully saturated rings. The van der Waals surface area contributed by atoms with Crippen LogP contribution in [0.25, 0.3) is 0 Å². The molecule has 0 bridgehead atoms. The van der Waals surface area contributed by atoms with Gasteiger partial charge < -0.3 is 0 Å². The van der Waals surface area contributed by atoms with Crippen molar-refractivity contribution < 1.29 is 4.79 Å². The molecule has 3 saturated carbocycles. The minimum Gasteiger partial charge on any atom is -0.295 e. The van der Waals surface area contributed by atoms with Crippen LogP contribution in [0.4, 0.5) is 0 Å². The van der Waals surface area contributed by atoms with Gasteiger partial charge in [-0.2, -0.15) is 0 Å². The minimum atomic E-state index is 0.395. The molecule has 0 radical (unpaired) electrons. The summed E-state index contributed by atoms with van der Waals surface area (Å²) in [5.74, 6) is 5.80. The average Bonchev–Trinajstić information content (AvgIpc) is 2.79. The van der Waals surface area contributed by atoms with Crippen LogP contribution in [-0.4, -0.2) is 5.78 Å². The highest BCUT2D eigenvalue weighted by atomic mass is 16.1. The van der Waals surface area contributed by atoms with Crippen LogP contribution in [0.1, 0.15) is 72.1 Å². The van der Waals surface area contributed by atoms with Gasteiger partial charge in [0.25, 0.3) is 0 Å². The van der Waals surface area contributed by atoms with E-state index in [0.29, 0.717) is 11.2 Å². The Hall–Kier alpha value is -0.590. The van der Waals surface area contributed by atoms with E-state index in [1.807, 2.05) is 6.08 Å². The summed E-state index contributed by atoms with van der Waals surface area (Å²) in [6.45, 7) is 7.50. The molecule has 0 saturated heterocycles. The zero-order chi connectivity index (χ0) is 15.5. The van der Waals surface area contributed by atoms with Gasteiger partial charge in [0.15, 0.2) is 5.78 Å². The molecule has 0 aromatic carbocycles. The van der Waals surface area contributed by atoms with Crippen molar-refractivity contribution in [3.8, 4) is 0 Å². The molecule has 0 aromatic rings. The van der Waals surface area contributed by atoms with Crippen LogP contribution >= 0.6 is 0 Å². The third kappa shape index (κ3) is 1.93. The molecule has 1 nitrogen and oxygen atoms in total. The largest absolute Gasteiger partial charge is 0.295 e. The molecule has 0 aliphatic heterocycles. The molecule has 22 heavy (non-hydrogen) atoms. The first-order chi connectivity index (χ1) is 10.6. The molecule has 0 N–H and O–H groups in total. The summed E-state index contributed by atoms with van der Waals surface area (Å²) < 4.78 is 0. The molecular formula is C21H32O. The van der Waals surface area contributed by atoms with Crippen molar-refractivity contribution in [3.63, 3.8) is 0 Å². The van der Waals surface area contributed by atoms with Gasteiger partial charge in [-0.1, -0.05) is 26.3 Å². The Morgan fingerprint density at radius 1 is 1.14 bits per heavy atom. The smallest absolute Gasteiger partial charge is 0.155 e. The van der Waals surface area contributed by atoms with Gasteiger partial charge in [0.05, 0.1) is 0 Å². The second-order valence-corrected chi connectivity index (χ2v) is 8.93. The van der Waals surface area contributed by atoms with E-state index >= 15 is 0 Å². The lowest BCUT2D eigenvalue weighted by atomic mass is 9.50. The van der Waals surface area contributed by atoms with E-state index in [9.17, 15) is 4.79 Å². The lowest BCUT2D eigenvalue weighted by molar-refractivity contribution is -0.116. The Morgan fingerprint density at radius 3 is 2.73 bits per heavy atom. The normalized spacial score (nSPS) is 50.9. The summed E-state index contributed by atoms with van der Waals surface area (Å²) in [4.78, 5) is 11.8. The Balaban J connectivity index is 1.65. The van der Waals surface area contributed by atoms with Gasteiger partial charge in [-0.3, -0.25) is 4.79 Å².